The Labute approximate surface area is 89.4 Å². The molecule has 0 radical (unpaired) electrons. The van der Waals surface area contributed by atoms with E-state index in [0.29, 0.717) is 5.56 Å². The molecule has 0 nitrogen and oxygen atoms in total. The molecular formula is C14H13F. The van der Waals surface area contributed by atoms with Crippen LogP contribution in [0.4, 0.5) is 4.39 Å². The second kappa shape index (κ2) is 3.85. The van der Waals surface area contributed by atoms with Gasteiger partial charge in [-0.05, 0) is 36.6 Å². The van der Waals surface area contributed by atoms with E-state index in [1.165, 1.54) is 0 Å². The lowest BCUT2D eigenvalue weighted by molar-refractivity contribution is 0.630. The summed E-state index contributed by atoms with van der Waals surface area (Å²) in [6.07, 6.45) is 0. The first kappa shape index (κ1) is 9.91. The van der Waals surface area contributed by atoms with Crippen LogP contribution in [0, 0.1) is 19.7 Å². The molecule has 1 heteroatoms. The van der Waals surface area contributed by atoms with E-state index >= 15 is 0 Å². The summed E-state index contributed by atoms with van der Waals surface area (Å²) in [6, 6.07) is 13.2. The van der Waals surface area contributed by atoms with Gasteiger partial charge in [0.15, 0.2) is 0 Å². The van der Waals surface area contributed by atoms with Crippen LogP contribution in [0.3, 0.4) is 0 Å². The fourth-order valence-corrected chi connectivity index (χ4v) is 1.71. The number of hydrogen-bond acceptors (Lipinski definition) is 0. The Kier molecular flexibility index (Phi) is 2.55. The minimum Gasteiger partial charge on any atom is -0.206 e. The van der Waals surface area contributed by atoms with Crippen LogP contribution in [-0.4, -0.2) is 0 Å². The Hall–Kier alpha value is -1.63. The average molecular weight is 200 g/mol. The Bertz CT molecular complexity index is 486. The van der Waals surface area contributed by atoms with Crippen LogP contribution in [0.5, 0.6) is 0 Å². The Morgan fingerprint density at radius 1 is 0.867 bits per heavy atom. The Morgan fingerprint density at radius 2 is 1.60 bits per heavy atom. The van der Waals surface area contributed by atoms with Crippen LogP contribution >= 0.6 is 0 Å². The highest BCUT2D eigenvalue weighted by Gasteiger charge is 2.06. The van der Waals surface area contributed by atoms with Crippen LogP contribution in [0.15, 0.2) is 42.5 Å². The summed E-state index contributed by atoms with van der Waals surface area (Å²) >= 11 is 0. The van der Waals surface area contributed by atoms with Gasteiger partial charge in [-0.25, -0.2) is 4.39 Å². The monoisotopic (exact) mass is 200 g/mol. The molecule has 2 aromatic rings. The quantitative estimate of drug-likeness (QED) is 0.649. The van der Waals surface area contributed by atoms with Gasteiger partial charge in [0.2, 0.25) is 0 Å². The molecule has 0 fully saturated rings. The standard InChI is InChI=1S/C14H13F/c1-10-7-8-13(14(15)9-10)12-6-4-3-5-11(12)2/h3-9H,1-2H3. The van der Waals surface area contributed by atoms with E-state index in [1.807, 2.05) is 50.2 Å². The average Bonchev–Trinajstić information content (AvgIpc) is 2.20. The van der Waals surface area contributed by atoms with Crippen molar-refractivity contribution < 1.29 is 4.39 Å². The number of halogens is 1. The highest BCUT2D eigenvalue weighted by Crippen LogP contribution is 2.26. The summed E-state index contributed by atoms with van der Waals surface area (Å²) < 4.78 is 13.7. The minimum absolute atomic E-state index is 0.149. The third-order valence-electron chi connectivity index (χ3n) is 2.56. The van der Waals surface area contributed by atoms with Gasteiger partial charge in [0.1, 0.15) is 5.82 Å². The SMILES string of the molecule is Cc1ccc(-c2ccccc2C)c(F)c1. The van der Waals surface area contributed by atoms with E-state index in [0.717, 1.165) is 16.7 Å². The van der Waals surface area contributed by atoms with Gasteiger partial charge in [-0.1, -0.05) is 36.4 Å². The molecule has 0 saturated heterocycles. The first-order chi connectivity index (χ1) is 7.18. The number of aryl methyl sites for hydroxylation is 2. The zero-order valence-corrected chi connectivity index (χ0v) is 8.92. The molecule has 0 aliphatic carbocycles. The van der Waals surface area contributed by atoms with Gasteiger partial charge < -0.3 is 0 Å². The lowest BCUT2D eigenvalue weighted by Gasteiger charge is -2.07. The van der Waals surface area contributed by atoms with Gasteiger partial charge in [-0.2, -0.15) is 0 Å². The van der Waals surface area contributed by atoms with Gasteiger partial charge in [-0.3, -0.25) is 0 Å². The van der Waals surface area contributed by atoms with Crippen LogP contribution in [-0.2, 0) is 0 Å². The van der Waals surface area contributed by atoms with Crippen molar-refractivity contribution in [3.05, 3.63) is 59.4 Å². The first-order valence-corrected chi connectivity index (χ1v) is 5.00. The molecule has 2 rings (SSSR count). The maximum atomic E-state index is 13.7. The number of benzene rings is 2. The van der Waals surface area contributed by atoms with Crippen molar-refractivity contribution in [2.24, 2.45) is 0 Å². The third kappa shape index (κ3) is 1.91. The third-order valence-corrected chi connectivity index (χ3v) is 2.56. The van der Waals surface area contributed by atoms with Crippen LogP contribution in [0.2, 0.25) is 0 Å². The van der Waals surface area contributed by atoms with Crippen molar-refractivity contribution in [2.45, 2.75) is 13.8 Å². The molecule has 0 amide bonds. The summed E-state index contributed by atoms with van der Waals surface area (Å²) in [5.41, 5.74) is 3.69. The van der Waals surface area contributed by atoms with E-state index in [2.05, 4.69) is 0 Å². The van der Waals surface area contributed by atoms with Crippen molar-refractivity contribution in [1.82, 2.24) is 0 Å². The fourth-order valence-electron chi connectivity index (χ4n) is 1.71. The molecular weight excluding hydrogens is 187 g/mol. The van der Waals surface area contributed by atoms with Crippen LogP contribution in [0.25, 0.3) is 11.1 Å². The second-order valence-corrected chi connectivity index (χ2v) is 3.80. The molecule has 0 bridgehead atoms. The lowest BCUT2D eigenvalue weighted by atomic mass is 9.99. The van der Waals surface area contributed by atoms with Crippen molar-refractivity contribution in [3.8, 4) is 11.1 Å². The van der Waals surface area contributed by atoms with E-state index in [9.17, 15) is 4.39 Å². The molecule has 0 heterocycles. The van der Waals surface area contributed by atoms with Gasteiger partial charge in [0.05, 0.1) is 0 Å². The van der Waals surface area contributed by atoms with Crippen LogP contribution in [0.1, 0.15) is 11.1 Å². The zero-order chi connectivity index (χ0) is 10.8. The van der Waals surface area contributed by atoms with E-state index < -0.39 is 0 Å². The highest BCUT2D eigenvalue weighted by molar-refractivity contribution is 5.67. The topological polar surface area (TPSA) is 0 Å². The smallest absolute Gasteiger partial charge is 0.131 e. The molecule has 0 aromatic heterocycles. The predicted molar refractivity (Wildman–Crippen MR) is 61.3 cm³/mol. The number of rotatable bonds is 1. The predicted octanol–water partition coefficient (Wildman–Crippen LogP) is 4.11. The molecule has 0 N–H and O–H groups in total. The maximum absolute atomic E-state index is 13.7. The maximum Gasteiger partial charge on any atom is 0.131 e. The highest BCUT2D eigenvalue weighted by atomic mass is 19.1. The van der Waals surface area contributed by atoms with Crippen molar-refractivity contribution in [2.75, 3.05) is 0 Å². The molecule has 0 unspecified atom stereocenters. The molecule has 15 heavy (non-hydrogen) atoms. The van der Waals surface area contributed by atoms with Gasteiger partial charge >= 0.3 is 0 Å². The normalized spacial score (nSPS) is 10.3. The molecule has 0 spiro atoms. The van der Waals surface area contributed by atoms with E-state index in [-0.39, 0.29) is 5.82 Å². The summed E-state index contributed by atoms with van der Waals surface area (Å²) in [4.78, 5) is 0. The van der Waals surface area contributed by atoms with Crippen molar-refractivity contribution >= 4 is 0 Å². The molecule has 0 aliphatic heterocycles. The molecule has 0 aliphatic rings. The fraction of sp³-hybridized carbons (Fsp3) is 0.143. The largest absolute Gasteiger partial charge is 0.206 e. The van der Waals surface area contributed by atoms with Gasteiger partial charge in [0, 0.05) is 5.56 Å². The second-order valence-electron chi connectivity index (χ2n) is 3.80. The minimum atomic E-state index is -0.149. The molecule has 0 saturated carbocycles. The molecule has 0 atom stereocenters. The first-order valence-electron chi connectivity index (χ1n) is 5.00. The summed E-state index contributed by atoms with van der Waals surface area (Å²) in [5, 5.41) is 0. The molecule has 76 valence electrons. The van der Waals surface area contributed by atoms with Crippen molar-refractivity contribution in [3.63, 3.8) is 0 Å². The Balaban J connectivity index is 2.60. The lowest BCUT2D eigenvalue weighted by Crippen LogP contribution is -1.88. The summed E-state index contributed by atoms with van der Waals surface area (Å²) in [5.74, 6) is -0.149. The van der Waals surface area contributed by atoms with Gasteiger partial charge in [0.25, 0.3) is 0 Å². The number of hydrogen-bond donors (Lipinski definition) is 0. The van der Waals surface area contributed by atoms with Gasteiger partial charge in [-0.15, -0.1) is 0 Å². The summed E-state index contributed by atoms with van der Waals surface area (Å²) in [6.45, 7) is 3.89. The van der Waals surface area contributed by atoms with Crippen LogP contribution < -0.4 is 0 Å². The Morgan fingerprint density at radius 3 is 2.27 bits per heavy atom. The van der Waals surface area contributed by atoms with E-state index in [4.69, 9.17) is 0 Å². The van der Waals surface area contributed by atoms with E-state index in [1.54, 1.807) is 6.07 Å². The summed E-state index contributed by atoms with van der Waals surface area (Å²) in [7, 11) is 0. The van der Waals surface area contributed by atoms with Crippen molar-refractivity contribution in [1.29, 1.82) is 0 Å². The zero-order valence-electron chi connectivity index (χ0n) is 8.92. The molecule has 2 aromatic carbocycles.